The summed E-state index contributed by atoms with van der Waals surface area (Å²) in [5.41, 5.74) is 34.2. The third kappa shape index (κ3) is 29.2. The number of hydrogen-bond acceptors (Lipinski definition) is 20. The fraction of sp³-hybridized carbons (Fsp3) is 0.677. The molecule has 1 aliphatic rings. The predicted octanol–water partition coefficient (Wildman–Crippen LogP) is -5.88. The first-order valence-corrected chi connectivity index (χ1v) is 32.7. The molecule has 2 rings (SSSR count). The number of amides is 12. The lowest BCUT2D eigenvalue weighted by molar-refractivity contribution is -0.144. The highest BCUT2D eigenvalue weighted by Crippen LogP contribution is 2.22. The van der Waals surface area contributed by atoms with Gasteiger partial charge in [0.25, 0.3) is 0 Å². The topological polar surface area (TPSA) is 595 Å². The number of phenols is 1. The van der Waals surface area contributed by atoms with Crippen molar-refractivity contribution in [2.75, 3.05) is 32.8 Å². The number of aliphatic carboxylic acids is 1. The Morgan fingerprint density at radius 3 is 1.38 bits per heavy atom. The number of phenolic OH excluding ortho intramolecular Hbond substituents is 1. The second-order valence-electron chi connectivity index (χ2n) is 25.2. The van der Waals surface area contributed by atoms with Crippen LogP contribution in [0.3, 0.4) is 0 Å². The number of carbonyl (C=O) groups is 13. The molecule has 26 N–H and O–H groups in total. The molecular formula is C62H106N18O17. The van der Waals surface area contributed by atoms with Crippen molar-refractivity contribution in [2.24, 2.45) is 57.1 Å². The van der Waals surface area contributed by atoms with E-state index in [1.807, 2.05) is 0 Å². The molecule has 1 aliphatic heterocycles. The zero-order chi connectivity index (χ0) is 73.4. The van der Waals surface area contributed by atoms with E-state index in [0.717, 1.165) is 0 Å². The summed E-state index contributed by atoms with van der Waals surface area (Å²) >= 11 is 0. The minimum atomic E-state index is -1.83. The van der Waals surface area contributed by atoms with E-state index >= 15 is 0 Å². The largest absolute Gasteiger partial charge is 0.508 e. The van der Waals surface area contributed by atoms with Crippen LogP contribution >= 0.6 is 0 Å². The van der Waals surface area contributed by atoms with Crippen LogP contribution in [-0.4, -0.2) is 220 Å². The lowest BCUT2D eigenvalue weighted by atomic mass is 10.00. The van der Waals surface area contributed by atoms with E-state index in [4.69, 9.17) is 34.4 Å². The maximum Gasteiger partial charge on any atom is 0.328 e. The molecule has 0 spiro atoms. The number of aliphatic imine (C=N–C) groups is 1. The minimum absolute atomic E-state index is 0.0162. The number of aliphatic hydroxyl groups excluding tert-OH is 2. The van der Waals surface area contributed by atoms with Crippen LogP contribution in [0, 0.1) is 17.8 Å². The number of nitrogens with one attached hydrogen (secondary N) is 10. The quantitative estimate of drug-likeness (QED) is 0.0164. The molecule has 35 nitrogen and oxygen atoms in total. The lowest BCUT2D eigenvalue weighted by Crippen LogP contribution is -2.62. The molecular weight excluding hydrogens is 1270 g/mol. The number of aliphatic hydroxyl groups is 2. The molecule has 12 amide bonds. The Balaban J connectivity index is 2.52. The zero-order valence-corrected chi connectivity index (χ0v) is 56.7. The van der Waals surface area contributed by atoms with Gasteiger partial charge in [-0.25, -0.2) is 4.79 Å². The van der Waals surface area contributed by atoms with Gasteiger partial charge in [0, 0.05) is 25.9 Å². The van der Waals surface area contributed by atoms with E-state index in [0.29, 0.717) is 24.8 Å². The number of benzene rings is 1. The third-order valence-corrected chi connectivity index (χ3v) is 15.9. The number of carbonyl (C=O) groups excluding carboxylic acids is 12. The third-order valence-electron chi connectivity index (χ3n) is 15.9. The number of primary amides is 1. The van der Waals surface area contributed by atoms with Crippen LogP contribution in [0.4, 0.5) is 0 Å². The highest BCUT2D eigenvalue weighted by atomic mass is 16.4. The monoisotopic (exact) mass is 1370 g/mol. The number of nitrogens with zero attached hydrogens (tertiary/aromatic N) is 2. The molecule has 35 heteroatoms. The Morgan fingerprint density at radius 2 is 0.938 bits per heavy atom. The summed E-state index contributed by atoms with van der Waals surface area (Å²) < 4.78 is 0. The average molecular weight is 1380 g/mol. The lowest BCUT2D eigenvalue weighted by Gasteiger charge is -2.32. The van der Waals surface area contributed by atoms with E-state index < -0.39 is 186 Å². The molecule has 1 heterocycles. The Bertz CT molecular complexity index is 2840. The van der Waals surface area contributed by atoms with Crippen LogP contribution in [0.2, 0.25) is 0 Å². The van der Waals surface area contributed by atoms with E-state index in [-0.39, 0.29) is 95.7 Å². The summed E-state index contributed by atoms with van der Waals surface area (Å²) in [4.78, 5) is 183. The average Bonchev–Trinajstić information content (AvgIpc) is 1.78. The summed E-state index contributed by atoms with van der Waals surface area (Å²) in [7, 11) is 0. The van der Waals surface area contributed by atoms with Gasteiger partial charge in [0.2, 0.25) is 70.9 Å². The first-order valence-electron chi connectivity index (χ1n) is 32.7. The first kappa shape index (κ1) is 84.3. The summed E-state index contributed by atoms with van der Waals surface area (Å²) in [6, 6.07) is -11.4. The number of nitrogens with two attached hydrogens (primary N) is 6. The molecule has 0 radical (unpaired) electrons. The Labute approximate surface area is 564 Å². The summed E-state index contributed by atoms with van der Waals surface area (Å²) in [5.74, 6) is -14.2. The normalized spacial score (nSPS) is 16.6. The van der Waals surface area contributed by atoms with Crippen LogP contribution in [0.25, 0.3) is 0 Å². The SMILES string of the molecule is CC(C)[C@H](NC(=O)[C@H](C)N)C(=O)N[C@@H](CCCN=C(N)N)C(=O)N[C@@H](Cc1ccc(O)cc1)C(=O)N[C@H](C(=O)N[C@@H](CCCCN)C(=O)N[C@@H](CCCCN)C(=O)N[C@H](C(=O)N1CCC[C@H]1C(=O)N[C@@H](CCC(N)=O)C(=O)N[C@H](C(=O)N[C@@H](CO)C(=O)O)C(C)C)C(C)C)[C@@H](C)O. The first-order chi connectivity index (χ1) is 45.6. The molecule has 1 saturated heterocycles. The van der Waals surface area contributed by atoms with Gasteiger partial charge in [-0.15, -0.1) is 0 Å². The number of carboxylic acid groups (broad SMARTS) is 1. The Kier molecular flexibility index (Phi) is 37.1. The molecule has 97 heavy (non-hydrogen) atoms. The standard InChI is InChI=1S/C62H106N18O17/c1-31(2)46(76-50(85)34(7)65)57(92)72-40(17-13-27-69-62(67)68)52(87)74-42(29-36-19-21-37(83)22-20-36)55(90)79-49(35(8)82)59(94)73-38(15-9-11-25-63)51(86)70-39(16-10-12-26-64)53(88)78-48(33(5)6)60(95)80-28-14-18-44(80)56(91)71-41(23-24-45(66)84)54(89)77-47(32(3)4)58(93)75-43(30-81)61(96)97/h19-22,31-35,38-44,46-49,81-83H,9-18,23-30,63-65H2,1-8H3,(H2,66,84)(H,70,86)(H,71,91)(H,72,92)(H,73,94)(H,74,87)(H,75,93)(H,76,85)(H,77,89)(H,78,88)(H,79,90)(H,96,97)(H4,67,68,69)/t34-,35+,38-,39-,40-,41-,42-,43-,44-,46-,47-,48-,49-/m0/s1. The summed E-state index contributed by atoms with van der Waals surface area (Å²) in [6.07, 6.45) is -1.16. The maximum atomic E-state index is 14.6. The van der Waals surface area contributed by atoms with Gasteiger partial charge in [-0.2, -0.15) is 0 Å². The highest BCUT2D eigenvalue weighted by Gasteiger charge is 2.42. The number of likely N-dealkylation sites (tertiary alicyclic amines) is 1. The number of aromatic hydroxyl groups is 1. The second-order valence-corrected chi connectivity index (χ2v) is 25.2. The van der Waals surface area contributed by atoms with Gasteiger partial charge in [0.1, 0.15) is 72.2 Å². The summed E-state index contributed by atoms with van der Waals surface area (Å²) in [6.45, 7) is 11.7. The van der Waals surface area contributed by atoms with Gasteiger partial charge in [-0.1, -0.05) is 53.7 Å². The van der Waals surface area contributed by atoms with Crippen LogP contribution in [0.15, 0.2) is 29.3 Å². The molecule has 0 aromatic heterocycles. The molecule has 0 bridgehead atoms. The van der Waals surface area contributed by atoms with Crippen molar-refractivity contribution in [3.63, 3.8) is 0 Å². The van der Waals surface area contributed by atoms with E-state index in [2.05, 4.69) is 58.2 Å². The molecule has 0 saturated carbocycles. The Hall–Kier alpha value is -8.80. The highest BCUT2D eigenvalue weighted by molar-refractivity contribution is 6.00. The van der Waals surface area contributed by atoms with Crippen molar-refractivity contribution in [1.29, 1.82) is 0 Å². The number of unbranched alkanes of at least 4 members (excludes halogenated alkanes) is 2. The van der Waals surface area contributed by atoms with E-state index in [9.17, 15) is 82.8 Å². The van der Waals surface area contributed by atoms with Gasteiger partial charge in [0.15, 0.2) is 5.96 Å². The molecule has 1 fully saturated rings. The summed E-state index contributed by atoms with van der Waals surface area (Å²) in [5, 5.41) is 65.5. The Morgan fingerprint density at radius 1 is 0.526 bits per heavy atom. The molecule has 13 atom stereocenters. The number of hydrogen-bond donors (Lipinski definition) is 20. The van der Waals surface area contributed by atoms with Gasteiger partial charge < -0.3 is 113 Å². The molecule has 1 aromatic rings. The van der Waals surface area contributed by atoms with Crippen molar-refractivity contribution >= 4 is 82.8 Å². The zero-order valence-electron chi connectivity index (χ0n) is 56.7. The van der Waals surface area contributed by atoms with Crippen molar-refractivity contribution < 1.29 is 82.8 Å². The minimum Gasteiger partial charge on any atom is -0.508 e. The second kappa shape index (κ2) is 42.7. The fourth-order valence-corrected chi connectivity index (χ4v) is 10.2. The van der Waals surface area contributed by atoms with Crippen molar-refractivity contribution in [1.82, 2.24) is 58.1 Å². The van der Waals surface area contributed by atoms with Crippen LogP contribution in [0.5, 0.6) is 5.75 Å². The van der Waals surface area contributed by atoms with Crippen LogP contribution in [-0.2, 0) is 68.7 Å². The number of guanidine groups is 1. The number of carboxylic acids is 1. The fourth-order valence-electron chi connectivity index (χ4n) is 10.2. The van der Waals surface area contributed by atoms with Crippen molar-refractivity contribution in [3.8, 4) is 5.75 Å². The smallest absolute Gasteiger partial charge is 0.328 e. The maximum absolute atomic E-state index is 14.6. The molecule has 0 aliphatic carbocycles. The molecule has 546 valence electrons. The van der Waals surface area contributed by atoms with Crippen LogP contribution in [0.1, 0.15) is 138 Å². The van der Waals surface area contributed by atoms with Crippen LogP contribution < -0.4 is 87.6 Å². The van der Waals surface area contributed by atoms with Crippen molar-refractivity contribution in [3.05, 3.63) is 29.8 Å². The van der Waals surface area contributed by atoms with E-state index in [1.165, 1.54) is 43.0 Å². The van der Waals surface area contributed by atoms with Gasteiger partial charge in [0.05, 0.1) is 18.8 Å². The number of rotatable bonds is 44. The molecule has 1 aromatic carbocycles. The predicted molar refractivity (Wildman–Crippen MR) is 355 cm³/mol. The van der Waals surface area contributed by atoms with Gasteiger partial charge in [-0.3, -0.25) is 62.5 Å². The van der Waals surface area contributed by atoms with E-state index in [1.54, 1.807) is 41.5 Å². The molecule has 0 unspecified atom stereocenters. The van der Waals surface area contributed by atoms with Crippen molar-refractivity contribution in [2.45, 2.75) is 217 Å². The van der Waals surface area contributed by atoms with Gasteiger partial charge in [-0.05, 0) is 133 Å². The van der Waals surface area contributed by atoms with Gasteiger partial charge >= 0.3 is 5.97 Å².